The molecule has 1 aliphatic rings. The van der Waals surface area contributed by atoms with Crippen molar-refractivity contribution in [1.29, 1.82) is 0 Å². The van der Waals surface area contributed by atoms with Crippen LogP contribution in [0.3, 0.4) is 0 Å². The predicted molar refractivity (Wildman–Crippen MR) is 126 cm³/mol. The highest BCUT2D eigenvalue weighted by Crippen LogP contribution is 2.31. The van der Waals surface area contributed by atoms with Crippen LogP contribution in [0.5, 0.6) is 0 Å². The predicted octanol–water partition coefficient (Wildman–Crippen LogP) is 3.48. The Labute approximate surface area is 196 Å². The lowest BCUT2D eigenvalue weighted by Crippen LogP contribution is -2.50. The average Bonchev–Trinajstić information content (AvgIpc) is 3.34. The summed E-state index contributed by atoms with van der Waals surface area (Å²) >= 11 is 6.42. The molecule has 2 aromatic carbocycles. The monoisotopic (exact) mass is 462 g/mol. The number of methoxy groups -OCH3 is 1. The van der Waals surface area contributed by atoms with Crippen LogP contribution in [-0.2, 0) is 9.53 Å². The molecule has 0 bridgehead atoms. The Morgan fingerprint density at radius 3 is 2.48 bits per heavy atom. The van der Waals surface area contributed by atoms with E-state index in [1.165, 1.54) is 13.4 Å². The van der Waals surface area contributed by atoms with E-state index in [-0.39, 0.29) is 5.97 Å². The van der Waals surface area contributed by atoms with E-state index in [1.807, 2.05) is 54.6 Å². The van der Waals surface area contributed by atoms with Gasteiger partial charge in [-0.3, -0.25) is 4.90 Å². The summed E-state index contributed by atoms with van der Waals surface area (Å²) in [5.74, 6) is 1.16. The van der Waals surface area contributed by atoms with Crippen molar-refractivity contribution in [2.45, 2.75) is 6.04 Å². The number of hydrogen-bond acceptors (Lipinski definition) is 7. The number of carbonyl (C=O) groups excluding carboxylic acids is 1. The van der Waals surface area contributed by atoms with Crippen molar-refractivity contribution in [3.63, 3.8) is 0 Å². The summed E-state index contributed by atoms with van der Waals surface area (Å²) in [7, 11) is 1.41. The molecule has 0 N–H and O–H groups in total. The van der Waals surface area contributed by atoms with Crippen LogP contribution in [0.4, 0.5) is 5.82 Å². The second-order valence-electron chi connectivity index (χ2n) is 7.81. The van der Waals surface area contributed by atoms with Crippen LogP contribution in [0.1, 0.15) is 11.6 Å². The molecule has 3 heterocycles. The molecule has 0 amide bonds. The summed E-state index contributed by atoms with van der Waals surface area (Å²) in [6.45, 7) is 2.71. The van der Waals surface area contributed by atoms with Crippen molar-refractivity contribution in [2.24, 2.45) is 0 Å². The lowest BCUT2D eigenvalue weighted by Gasteiger charge is -2.39. The van der Waals surface area contributed by atoms with Crippen molar-refractivity contribution >= 4 is 29.2 Å². The lowest BCUT2D eigenvalue weighted by molar-refractivity contribution is -0.147. The summed E-state index contributed by atoms with van der Waals surface area (Å²) < 4.78 is 6.87. The summed E-state index contributed by atoms with van der Waals surface area (Å²) in [6.07, 6.45) is 1.52. The summed E-state index contributed by atoms with van der Waals surface area (Å²) in [6, 6.07) is 18.9. The maximum atomic E-state index is 12.7. The van der Waals surface area contributed by atoms with Gasteiger partial charge in [0.1, 0.15) is 18.2 Å². The third-order valence-electron chi connectivity index (χ3n) is 5.93. The van der Waals surface area contributed by atoms with Gasteiger partial charge in [0.2, 0.25) is 0 Å². The molecule has 1 unspecified atom stereocenters. The van der Waals surface area contributed by atoms with Crippen molar-refractivity contribution in [2.75, 3.05) is 38.2 Å². The van der Waals surface area contributed by atoms with E-state index in [2.05, 4.69) is 24.9 Å². The van der Waals surface area contributed by atoms with Crippen molar-refractivity contribution in [3.05, 3.63) is 77.6 Å². The number of esters is 1. The smallest absolute Gasteiger partial charge is 0.327 e. The number of ether oxygens (including phenoxy) is 1. The fourth-order valence-electron chi connectivity index (χ4n) is 4.27. The van der Waals surface area contributed by atoms with Gasteiger partial charge in [-0.05, 0) is 11.6 Å². The molecule has 0 saturated carbocycles. The van der Waals surface area contributed by atoms with Gasteiger partial charge in [0.25, 0.3) is 5.78 Å². The van der Waals surface area contributed by atoms with Gasteiger partial charge < -0.3 is 9.64 Å². The van der Waals surface area contributed by atoms with Crippen molar-refractivity contribution in [1.82, 2.24) is 24.5 Å². The molecule has 1 atom stereocenters. The molecule has 5 rings (SSSR count). The number of aromatic nitrogens is 4. The fraction of sp³-hybridized carbons (Fsp3) is 0.250. The van der Waals surface area contributed by atoms with E-state index >= 15 is 0 Å². The minimum atomic E-state index is -0.547. The molecule has 33 heavy (non-hydrogen) atoms. The number of nitrogens with zero attached hydrogens (tertiary/aromatic N) is 6. The van der Waals surface area contributed by atoms with Crippen LogP contribution in [0.25, 0.3) is 17.0 Å². The fourth-order valence-corrected chi connectivity index (χ4v) is 4.51. The molecule has 2 aromatic heterocycles. The molecule has 0 aliphatic carbocycles. The topological polar surface area (TPSA) is 75.9 Å². The second kappa shape index (κ2) is 9.17. The summed E-state index contributed by atoms with van der Waals surface area (Å²) in [5.41, 5.74) is 2.62. The Balaban J connectivity index is 1.42. The van der Waals surface area contributed by atoms with Crippen molar-refractivity contribution in [3.8, 4) is 11.3 Å². The highest BCUT2D eigenvalue weighted by molar-refractivity contribution is 6.31. The second-order valence-corrected chi connectivity index (χ2v) is 8.21. The minimum absolute atomic E-state index is 0.314. The quantitative estimate of drug-likeness (QED) is 0.420. The number of hydrogen-bond donors (Lipinski definition) is 0. The number of benzene rings is 2. The highest BCUT2D eigenvalue weighted by atomic mass is 35.5. The van der Waals surface area contributed by atoms with E-state index in [0.717, 1.165) is 22.6 Å². The Kier molecular flexibility index (Phi) is 5.93. The highest BCUT2D eigenvalue weighted by Gasteiger charge is 2.33. The number of carbonyl (C=O) groups is 1. The molecule has 1 saturated heterocycles. The minimum Gasteiger partial charge on any atom is -0.468 e. The molecule has 9 heteroatoms. The Hall–Kier alpha value is -3.49. The van der Waals surface area contributed by atoms with Gasteiger partial charge in [0.05, 0.1) is 12.8 Å². The van der Waals surface area contributed by atoms with E-state index in [1.54, 1.807) is 10.6 Å². The van der Waals surface area contributed by atoms with Crippen LogP contribution in [0.2, 0.25) is 5.02 Å². The third kappa shape index (κ3) is 4.15. The molecular formula is C24H23ClN6O2. The average molecular weight is 463 g/mol. The number of anilines is 1. The van der Waals surface area contributed by atoms with Gasteiger partial charge in [-0.25, -0.2) is 9.78 Å². The first-order chi connectivity index (χ1) is 16.2. The number of halogens is 1. The van der Waals surface area contributed by atoms with Crippen LogP contribution < -0.4 is 4.90 Å². The van der Waals surface area contributed by atoms with E-state index in [4.69, 9.17) is 16.3 Å². The SMILES string of the molecule is COC(=O)C(c1ccccc1Cl)N1CCN(c2cc(-c3ccccc3)nc3ncnn23)CC1. The molecule has 168 valence electrons. The van der Waals surface area contributed by atoms with Gasteiger partial charge in [-0.1, -0.05) is 60.1 Å². The van der Waals surface area contributed by atoms with Gasteiger partial charge in [0.15, 0.2) is 0 Å². The molecule has 8 nitrogen and oxygen atoms in total. The number of piperazine rings is 1. The zero-order chi connectivity index (χ0) is 22.8. The summed E-state index contributed by atoms with van der Waals surface area (Å²) in [4.78, 5) is 26.0. The van der Waals surface area contributed by atoms with Crippen LogP contribution >= 0.6 is 11.6 Å². The zero-order valence-corrected chi connectivity index (χ0v) is 18.9. The zero-order valence-electron chi connectivity index (χ0n) is 18.1. The Morgan fingerprint density at radius 1 is 1.03 bits per heavy atom. The van der Waals surface area contributed by atoms with E-state index in [9.17, 15) is 4.79 Å². The number of fused-ring (bicyclic) bond motifs is 1. The van der Waals surface area contributed by atoms with Crippen LogP contribution in [0.15, 0.2) is 67.0 Å². The lowest BCUT2D eigenvalue weighted by atomic mass is 10.0. The van der Waals surface area contributed by atoms with E-state index in [0.29, 0.717) is 37.0 Å². The molecule has 0 spiro atoms. The molecule has 1 aliphatic heterocycles. The normalized spacial score (nSPS) is 15.5. The van der Waals surface area contributed by atoms with Crippen molar-refractivity contribution < 1.29 is 9.53 Å². The first-order valence-electron chi connectivity index (χ1n) is 10.7. The molecular weight excluding hydrogens is 440 g/mol. The van der Waals surface area contributed by atoms with Gasteiger partial charge in [0, 0.05) is 42.8 Å². The van der Waals surface area contributed by atoms with E-state index < -0.39 is 6.04 Å². The number of rotatable bonds is 5. The van der Waals surface area contributed by atoms with Gasteiger partial charge >= 0.3 is 5.97 Å². The maximum Gasteiger partial charge on any atom is 0.327 e. The maximum absolute atomic E-state index is 12.7. The molecule has 4 aromatic rings. The largest absolute Gasteiger partial charge is 0.468 e. The van der Waals surface area contributed by atoms with Crippen LogP contribution in [0, 0.1) is 0 Å². The third-order valence-corrected chi connectivity index (χ3v) is 6.27. The van der Waals surface area contributed by atoms with Crippen LogP contribution in [-0.4, -0.2) is 63.7 Å². The Bertz CT molecular complexity index is 1270. The van der Waals surface area contributed by atoms with Gasteiger partial charge in [-0.15, -0.1) is 0 Å². The van der Waals surface area contributed by atoms with Gasteiger partial charge in [-0.2, -0.15) is 14.6 Å². The first-order valence-corrected chi connectivity index (χ1v) is 11.1. The summed E-state index contributed by atoms with van der Waals surface area (Å²) in [5, 5.41) is 4.94. The first kappa shape index (κ1) is 21.4. The Morgan fingerprint density at radius 2 is 1.76 bits per heavy atom. The molecule has 1 fully saturated rings. The standard InChI is InChI=1S/C24H23ClN6O2/c1-33-23(32)22(18-9-5-6-10-19(18)25)30-13-11-29(12-14-30)21-15-20(17-7-3-2-4-8-17)28-24-26-16-27-31(21)24/h2-10,15-16,22H,11-14H2,1H3. The molecule has 0 radical (unpaired) electrons.